The summed E-state index contributed by atoms with van der Waals surface area (Å²) in [4.78, 5) is 12.2. The van der Waals surface area contributed by atoms with Crippen molar-refractivity contribution in [3.05, 3.63) is 32.9 Å². The Morgan fingerprint density at radius 1 is 1.56 bits per heavy atom. The Balaban J connectivity index is 2.70. The molecule has 1 aromatic rings. The molecular weight excluding hydrogens is 381 g/mol. The average molecular weight is 396 g/mol. The predicted octanol–water partition coefficient (Wildman–Crippen LogP) is 3.50. The summed E-state index contributed by atoms with van der Waals surface area (Å²) in [6, 6.07) is 5.79. The first kappa shape index (κ1) is 14.0. The van der Waals surface area contributed by atoms with Gasteiger partial charge in [-0.2, -0.15) is 0 Å². The van der Waals surface area contributed by atoms with Gasteiger partial charge in [0.2, 0.25) is 0 Å². The first-order valence-electron chi connectivity index (χ1n) is 5.23. The van der Waals surface area contributed by atoms with E-state index >= 15 is 0 Å². The zero-order valence-corrected chi connectivity index (χ0v) is 13.1. The van der Waals surface area contributed by atoms with Crippen LogP contribution in [0, 0.1) is 10.5 Å². The second-order valence-corrected chi connectivity index (χ2v) is 6.03. The normalized spacial score (nSPS) is 12.2. The van der Waals surface area contributed by atoms with Crippen molar-refractivity contribution in [2.24, 2.45) is 0 Å². The van der Waals surface area contributed by atoms with Gasteiger partial charge in [0.25, 0.3) is 5.91 Å². The minimum absolute atomic E-state index is 0.00556. The van der Waals surface area contributed by atoms with Gasteiger partial charge in [-0.25, -0.2) is 0 Å². The maximum atomic E-state index is 11.9. The highest BCUT2D eigenvalue weighted by Crippen LogP contribution is 2.16. The molecule has 0 saturated carbocycles. The Hall–Kier alpha value is -0.100. The number of halogens is 2. The van der Waals surface area contributed by atoms with E-state index in [1.807, 2.05) is 25.1 Å². The van der Waals surface area contributed by atoms with Gasteiger partial charge < -0.3 is 5.32 Å². The highest BCUT2D eigenvalue weighted by Gasteiger charge is 2.11. The van der Waals surface area contributed by atoms with Crippen LogP contribution in [0.25, 0.3) is 0 Å². The molecule has 2 nitrogen and oxygen atoms in total. The number of nitrogens with one attached hydrogen (secondary N) is 1. The second-order valence-electron chi connectivity index (χ2n) is 3.65. The fourth-order valence-corrected chi connectivity index (χ4v) is 2.03. The van der Waals surface area contributed by atoms with Gasteiger partial charge in [-0.3, -0.25) is 4.79 Å². The lowest BCUT2D eigenvalue weighted by Gasteiger charge is -2.10. The number of carbonyl (C=O) groups excluding carboxylic acids is 1. The van der Waals surface area contributed by atoms with E-state index < -0.39 is 0 Å². The summed E-state index contributed by atoms with van der Waals surface area (Å²) >= 11 is 5.71. The Bertz CT molecular complexity index is 381. The minimum Gasteiger partial charge on any atom is -0.351 e. The molecule has 1 N–H and O–H groups in total. The fraction of sp³-hybridized carbons (Fsp3) is 0.417. The number of amides is 1. The molecule has 4 heteroatoms. The van der Waals surface area contributed by atoms with Crippen LogP contribution in [0.4, 0.5) is 0 Å². The highest BCUT2D eigenvalue weighted by atomic mass is 127. The van der Waals surface area contributed by atoms with Crippen LogP contribution in [0.5, 0.6) is 0 Å². The lowest BCUT2D eigenvalue weighted by molar-refractivity contribution is 0.0953. The molecule has 0 aliphatic rings. The minimum atomic E-state index is 0.00556. The van der Waals surface area contributed by atoms with Gasteiger partial charge in [0, 0.05) is 14.9 Å². The third-order valence-corrected chi connectivity index (χ3v) is 4.77. The van der Waals surface area contributed by atoms with Crippen molar-refractivity contribution in [2.75, 3.05) is 6.54 Å². The highest BCUT2D eigenvalue weighted by molar-refractivity contribution is 14.1. The van der Waals surface area contributed by atoms with Crippen molar-refractivity contribution in [3.8, 4) is 0 Å². The molecule has 1 unspecified atom stereocenters. The molecule has 1 rings (SSSR count). The van der Waals surface area contributed by atoms with E-state index in [2.05, 4.69) is 50.8 Å². The molecule has 0 aliphatic heterocycles. The summed E-state index contributed by atoms with van der Waals surface area (Å²) in [6.07, 6.45) is 1.01. The molecule has 0 bridgehead atoms. The Kier molecular flexibility index (Phi) is 5.75. The molecule has 0 aliphatic carbocycles. The fourth-order valence-electron chi connectivity index (χ4n) is 1.27. The van der Waals surface area contributed by atoms with Gasteiger partial charge in [0.05, 0.1) is 5.56 Å². The quantitative estimate of drug-likeness (QED) is 0.613. The summed E-state index contributed by atoms with van der Waals surface area (Å²) in [5.74, 6) is 0.00556. The molecule has 0 saturated heterocycles. The molecule has 1 amide bonds. The topological polar surface area (TPSA) is 29.1 Å². The third kappa shape index (κ3) is 3.73. The third-order valence-electron chi connectivity index (χ3n) is 2.36. The summed E-state index contributed by atoms with van der Waals surface area (Å²) < 4.78 is 1.03. The van der Waals surface area contributed by atoms with Gasteiger partial charge in [-0.05, 0) is 47.6 Å². The van der Waals surface area contributed by atoms with Gasteiger partial charge >= 0.3 is 0 Å². The SMILES string of the molecule is CCC(Br)CNC(=O)c1cccc(C)c1I. The van der Waals surface area contributed by atoms with E-state index in [1.165, 1.54) is 0 Å². The van der Waals surface area contributed by atoms with Crippen LogP contribution in [0.2, 0.25) is 0 Å². The van der Waals surface area contributed by atoms with Gasteiger partial charge in [0.15, 0.2) is 0 Å². The molecule has 1 atom stereocenters. The zero-order chi connectivity index (χ0) is 12.1. The van der Waals surface area contributed by atoms with E-state index in [9.17, 15) is 4.79 Å². The first-order chi connectivity index (χ1) is 7.56. The van der Waals surface area contributed by atoms with Crippen LogP contribution in [0.15, 0.2) is 18.2 Å². The molecular formula is C12H15BrINO. The number of benzene rings is 1. The number of alkyl halides is 1. The molecule has 1 aromatic carbocycles. The van der Waals surface area contributed by atoms with E-state index in [0.717, 1.165) is 21.1 Å². The molecule has 0 radical (unpaired) electrons. The standard InChI is InChI=1S/C12H15BrINO/c1-3-9(13)7-15-12(16)10-6-4-5-8(2)11(10)14/h4-6,9H,3,7H2,1-2H3,(H,15,16). The van der Waals surface area contributed by atoms with Crippen LogP contribution in [0.1, 0.15) is 29.3 Å². The van der Waals surface area contributed by atoms with Crippen molar-refractivity contribution < 1.29 is 4.79 Å². The van der Waals surface area contributed by atoms with Crippen molar-refractivity contribution in [1.82, 2.24) is 5.32 Å². The molecule has 0 fully saturated rings. The maximum Gasteiger partial charge on any atom is 0.252 e. The van der Waals surface area contributed by atoms with Crippen LogP contribution in [-0.4, -0.2) is 17.3 Å². The number of rotatable bonds is 4. The number of aryl methyl sites for hydroxylation is 1. The van der Waals surface area contributed by atoms with E-state index in [4.69, 9.17) is 0 Å². The van der Waals surface area contributed by atoms with Crippen LogP contribution in [-0.2, 0) is 0 Å². The largest absolute Gasteiger partial charge is 0.351 e. The van der Waals surface area contributed by atoms with E-state index in [1.54, 1.807) is 0 Å². The lowest BCUT2D eigenvalue weighted by Crippen LogP contribution is -2.29. The van der Waals surface area contributed by atoms with Crippen LogP contribution >= 0.6 is 38.5 Å². The first-order valence-corrected chi connectivity index (χ1v) is 7.23. The summed E-state index contributed by atoms with van der Waals surface area (Å²) in [7, 11) is 0. The van der Waals surface area contributed by atoms with Crippen molar-refractivity contribution >= 4 is 44.4 Å². The molecule has 0 aromatic heterocycles. The second kappa shape index (κ2) is 6.59. The molecule has 88 valence electrons. The molecule has 0 heterocycles. The molecule has 16 heavy (non-hydrogen) atoms. The van der Waals surface area contributed by atoms with E-state index in [-0.39, 0.29) is 5.91 Å². The van der Waals surface area contributed by atoms with Crippen LogP contribution < -0.4 is 5.32 Å². The summed E-state index contributed by atoms with van der Waals surface area (Å²) in [6.45, 7) is 4.76. The Morgan fingerprint density at radius 2 is 2.25 bits per heavy atom. The van der Waals surface area contributed by atoms with Crippen LogP contribution in [0.3, 0.4) is 0 Å². The number of hydrogen-bond acceptors (Lipinski definition) is 1. The zero-order valence-electron chi connectivity index (χ0n) is 9.39. The molecule has 0 spiro atoms. The monoisotopic (exact) mass is 395 g/mol. The van der Waals surface area contributed by atoms with Crippen molar-refractivity contribution in [2.45, 2.75) is 25.1 Å². The summed E-state index contributed by atoms with van der Waals surface area (Å²) in [5.41, 5.74) is 1.90. The average Bonchev–Trinajstić information content (AvgIpc) is 2.29. The Morgan fingerprint density at radius 3 is 2.88 bits per heavy atom. The smallest absolute Gasteiger partial charge is 0.252 e. The number of hydrogen-bond donors (Lipinski definition) is 1. The number of carbonyl (C=O) groups is 1. The van der Waals surface area contributed by atoms with Gasteiger partial charge in [0.1, 0.15) is 0 Å². The van der Waals surface area contributed by atoms with Gasteiger partial charge in [-0.1, -0.05) is 35.0 Å². The maximum absolute atomic E-state index is 11.9. The predicted molar refractivity (Wildman–Crippen MR) is 79.2 cm³/mol. The van der Waals surface area contributed by atoms with Gasteiger partial charge in [-0.15, -0.1) is 0 Å². The van der Waals surface area contributed by atoms with E-state index in [0.29, 0.717) is 11.4 Å². The Labute approximate surface area is 118 Å². The summed E-state index contributed by atoms with van der Waals surface area (Å²) in [5, 5.41) is 2.93. The lowest BCUT2D eigenvalue weighted by atomic mass is 10.1. The van der Waals surface area contributed by atoms with Crippen molar-refractivity contribution in [1.29, 1.82) is 0 Å². The van der Waals surface area contributed by atoms with Crippen molar-refractivity contribution in [3.63, 3.8) is 0 Å².